The lowest BCUT2D eigenvalue weighted by atomic mass is 9.94. The zero-order chi connectivity index (χ0) is 14.1. The summed E-state index contributed by atoms with van der Waals surface area (Å²) in [6.07, 6.45) is 1.73. The molecule has 0 saturated carbocycles. The van der Waals surface area contributed by atoms with E-state index >= 15 is 0 Å². The molecule has 1 unspecified atom stereocenters. The maximum Gasteiger partial charge on any atom is 0.298 e. The lowest BCUT2D eigenvalue weighted by Crippen LogP contribution is -2.03. The van der Waals surface area contributed by atoms with Crippen molar-refractivity contribution < 1.29 is 19.7 Å². The molecule has 0 saturated heterocycles. The van der Waals surface area contributed by atoms with Crippen LogP contribution in [0.4, 0.5) is 0 Å². The van der Waals surface area contributed by atoms with Crippen molar-refractivity contribution in [2.24, 2.45) is 5.92 Å². The molecule has 0 aliphatic heterocycles. The zero-order valence-corrected chi connectivity index (χ0v) is 10.8. The van der Waals surface area contributed by atoms with Crippen LogP contribution in [0, 0.1) is 5.92 Å². The molecule has 0 amide bonds. The van der Waals surface area contributed by atoms with E-state index in [0.717, 1.165) is 11.1 Å². The molecule has 1 atom stereocenters. The first kappa shape index (κ1) is 16.2. The number of hydrogen-bond acceptors (Lipinski definition) is 4. The van der Waals surface area contributed by atoms with Crippen LogP contribution in [0.15, 0.2) is 49.0 Å². The van der Waals surface area contributed by atoms with Crippen molar-refractivity contribution >= 4 is 6.47 Å². The Bertz CT molecular complexity index is 355. The van der Waals surface area contributed by atoms with Gasteiger partial charge in [-0.3, -0.25) is 4.79 Å². The first-order valence-corrected chi connectivity index (χ1v) is 5.56. The number of ether oxygens (including phenoxy) is 1. The molecule has 0 bridgehead atoms. The van der Waals surface area contributed by atoms with Crippen molar-refractivity contribution in [1.29, 1.82) is 0 Å². The van der Waals surface area contributed by atoms with E-state index in [9.17, 15) is 4.79 Å². The number of allylic oxidation sites excluding steroid dienone is 4. The van der Waals surface area contributed by atoms with Gasteiger partial charge in [-0.25, -0.2) is 5.26 Å². The molecule has 0 radical (unpaired) electrons. The Hall–Kier alpha value is -1.81. The fraction of sp³-hybridized carbons (Fsp3) is 0.357. The van der Waals surface area contributed by atoms with Gasteiger partial charge in [-0.15, -0.1) is 0 Å². The Morgan fingerprint density at radius 3 is 2.33 bits per heavy atom. The topological polar surface area (TPSA) is 55.8 Å². The number of rotatable bonds is 10. The highest BCUT2D eigenvalue weighted by Crippen LogP contribution is 2.24. The van der Waals surface area contributed by atoms with Crippen LogP contribution in [-0.2, 0) is 14.4 Å². The van der Waals surface area contributed by atoms with Crippen LogP contribution < -0.4 is 0 Å². The molecule has 18 heavy (non-hydrogen) atoms. The van der Waals surface area contributed by atoms with Gasteiger partial charge in [0.2, 0.25) is 0 Å². The van der Waals surface area contributed by atoms with Gasteiger partial charge in [-0.2, -0.15) is 0 Å². The van der Waals surface area contributed by atoms with E-state index in [1.807, 2.05) is 6.92 Å². The molecular formula is C14H20O4. The van der Waals surface area contributed by atoms with Gasteiger partial charge in [-0.1, -0.05) is 44.4 Å². The van der Waals surface area contributed by atoms with Crippen LogP contribution >= 0.6 is 0 Å². The minimum absolute atomic E-state index is 0.0475. The van der Waals surface area contributed by atoms with Crippen LogP contribution in [-0.4, -0.2) is 11.7 Å². The maximum absolute atomic E-state index is 10.1. The lowest BCUT2D eigenvalue weighted by molar-refractivity contribution is -0.210. The second-order valence-corrected chi connectivity index (χ2v) is 4.12. The molecule has 4 nitrogen and oxygen atoms in total. The predicted molar refractivity (Wildman–Crippen MR) is 70.4 cm³/mol. The van der Waals surface area contributed by atoms with Crippen molar-refractivity contribution in [1.82, 2.24) is 0 Å². The van der Waals surface area contributed by atoms with Crippen molar-refractivity contribution in [3.05, 3.63) is 49.0 Å². The molecule has 100 valence electrons. The van der Waals surface area contributed by atoms with E-state index in [2.05, 4.69) is 35.9 Å². The number of carbonyl (C=O) groups excluding carboxylic acids is 1. The summed E-state index contributed by atoms with van der Waals surface area (Å²) in [6.45, 7) is 17.2. The second-order valence-electron chi connectivity index (χ2n) is 4.12. The summed E-state index contributed by atoms with van der Waals surface area (Å²) < 4.78 is 4.60. The summed E-state index contributed by atoms with van der Waals surface area (Å²) in [7, 11) is 0. The summed E-state index contributed by atoms with van der Waals surface area (Å²) in [6, 6.07) is 0. The number of carbonyl (C=O) groups is 1. The molecule has 0 fully saturated rings. The average molecular weight is 252 g/mol. The molecule has 0 aromatic rings. The first-order valence-electron chi connectivity index (χ1n) is 5.56. The van der Waals surface area contributed by atoms with Crippen LogP contribution in [0.5, 0.6) is 0 Å². The summed E-state index contributed by atoms with van der Waals surface area (Å²) in [4.78, 5) is 14.2. The molecule has 4 heteroatoms. The highest BCUT2D eigenvalue weighted by molar-refractivity contribution is 5.39. The van der Waals surface area contributed by atoms with Gasteiger partial charge in [-0.05, 0) is 12.8 Å². The Morgan fingerprint density at radius 1 is 1.22 bits per heavy atom. The molecular weight excluding hydrogens is 232 g/mol. The van der Waals surface area contributed by atoms with Crippen molar-refractivity contribution in [2.45, 2.75) is 26.2 Å². The van der Waals surface area contributed by atoms with Gasteiger partial charge in [0.1, 0.15) is 11.5 Å². The highest BCUT2D eigenvalue weighted by atomic mass is 17.1. The maximum atomic E-state index is 10.1. The first-order chi connectivity index (χ1) is 8.42. The molecule has 1 N–H and O–H groups in total. The molecule has 0 aromatic heterocycles. The highest BCUT2D eigenvalue weighted by Gasteiger charge is 2.12. The average Bonchev–Trinajstić information content (AvgIpc) is 2.34. The van der Waals surface area contributed by atoms with Crippen LogP contribution in [0.25, 0.3) is 0 Å². The van der Waals surface area contributed by atoms with Crippen LogP contribution in [0.2, 0.25) is 0 Å². The molecule has 0 heterocycles. The molecule has 0 aliphatic rings. The van der Waals surface area contributed by atoms with Crippen molar-refractivity contribution in [2.75, 3.05) is 0 Å². The third-order valence-electron chi connectivity index (χ3n) is 2.64. The predicted octanol–water partition coefficient (Wildman–Crippen LogP) is 3.60. The van der Waals surface area contributed by atoms with Gasteiger partial charge in [0.15, 0.2) is 0 Å². The van der Waals surface area contributed by atoms with Gasteiger partial charge in [0.05, 0.1) is 0 Å². The van der Waals surface area contributed by atoms with E-state index < -0.39 is 0 Å². The van der Waals surface area contributed by atoms with E-state index in [4.69, 9.17) is 5.26 Å². The largest absolute Gasteiger partial charge is 0.434 e. The number of hydrogen-bond donors (Lipinski definition) is 1. The standard InChI is InChI=1S/C14H20O4/c1-10(6-7-13(4)17-9-15)11(2)8-12(3)14(5)18-16/h9,12,16H,1-2,4-8H2,3H3. The fourth-order valence-electron chi connectivity index (χ4n) is 1.31. The van der Waals surface area contributed by atoms with E-state index in [0.29, 0.717) is 31.5 Å². The Balaban J connectivity index is 4.11. The monoisotopic (exact) mass is 252 g/mol. The van der Waals surface area contributed by atoms with Gasteiger partial charge in [0.25, 0.3) is 6.47 Å². The Labute approximate surface area is 108 Å². The normalized spacial score (nSPS) is 11.2. The van der Waals surface area contributed by atoms with Crippen molar-refractivity contribution in [3.8, 4) is 0 Å². The van der Waals surface area contributed by atoms with E-state index in [1.54, 1.807) is 0 Å². The van der Waals surface area contributed by atoms with Crippen molar-refractivity contribution in [3.63, 3.8) is 0 Å². The summed E-state index contributed by atoms with van der Waals surface area (Å²) in [5.74, 6) is 0.640. The summed E-state index contributed by atoms with van der Waals surface area (Å²) in [5.41, 5.74) is 1.70. The minimum Gasteiger partial charge on any atom is -0.434 e. The molecule has 0 aromatic carbocycles. The van der Waals surface area contributed by atoms with Crippen LogP contribution in [0.1, 0.15) is 26.2 Å². The molecule has 0 spiro atoms. The van der Waals surface area contributed by atoms with E-state index in [1.165, 1.54) is 0 Å². The van der Waals surface area contributed by atoms with Gasteiger partial charge >= 0.3 is 0 Å². The Morgan fingerprint density at radius 2 is 1.83 bits per heavy atom. The lowest BCUT2D eigenvalue weighted by Gasteiger charge is -2.15. The third-order valence-corrected chi connectivity index (χ3v) is 2.64. The van der Waals surface area contributed by atoms with Gasteiger partial charge in [0, 0.05) is 12.3 Å². The van der Waals surface area contributed by atoms with Gasteiger partial charge < -0.3 is 9.62 Å². The van der Waals surface area contributed by atoms with E-state index in [-0.39, 0.29) is 11.7 Å². The zero-order valence-electron chi connectivity index (χ0n) is 10.8. The summed E-state index contributed by atoms with van der Waals surface area (Å²) in [5, 5.41) is 8.48. The second kappa shape index (κ2) is 8.31. The SMILES string of the molecule is C=C(CCC(=C)C(=C)CC(C)C(=C)OO)OC=O. The fourth-order valence-corrected chi connectivity index (χ4v) is 1.31. The summed E-state index contributed by atoms with van der Waals surface area (Å²) >= 11 is 0. The smallest absolute Gasteiger partial charge is 0.298 e. The quantitative estimate of drug-likeness (QED) is 0.212. The molecule has 0 rings (SSSR count). The third kappa shape index (κ3) is 6.06. The van der Waals surface area contributed by atoms with Crippen LogP contribution in [0.3, 0.4) is 0 Å². The Kier molecular flexibility index (Phi) is 7.47. The minimum atomic E-state index is -0.0475. The molecule has 0 aliphatic carbocycles.